The van der Waals surface area contributed by atoms with E-state index in [1.807, 2.05) is 38.1 Å². The fourth-order valence-electron chi connectivity index (χ4n) is 2.47. The van der Waals surface area contributed by atoms with Crippen molar-refractivity contribution in [3.05, 3.63) is 68.2 Å². The Bertz CT molecular complexity index is 933. The molecule has 0 spiro atoms. The van der Waals surface area contributed by atoms with Gasteiger partial charge in [-0.05, 0) is 67.3 Å². The van der Waals surface area contributed by atoms with E-state index in [0.29, 0.717) is 15.8 Å². The molecule has 0 aliphatic heterocycles. The van der Waals surface area contributed by atoms with E-state index in [2.05, 4.69) is 0 Å². The first kappa shape index (κ1) is 21.4. The standard InChI is InChI=1S/C21H19Cl2NO2S/c1-4-26-21(25)16(11-24)8-15-9-17(14(3)7-13(15)2)12-27-20-10-18(22)5-6-19(20)23/h5-10H,4,12H2,1-3H3. The lowest BCUT2D eigenvalue weighted by atomic mass is 9.99. The molecule has 0 saturated heterocycles. The molecule has 0 radical (unpaired) electrons. The monoisotopic (exact) mass is 419 g/mol. The molecule has 0 bridgehead atoms. The molecule has 2 aromatic carbocycles. The molecule has 3 nitrogen and oxygen atoms in total. The van der Waals surface area contributed by atoms with Crippen molar-refractivity contribution in [3.63, 3.8) is 0 Å². The Balaban J connectivity index is 2.31. The van der Waals surface area contributed by atoms with Crippen LogP contribution >= 0.6 is 35.0 Å². The third-order valence-electron chi connectivity index (χ3n) is 3.92. The van der Waals surface area contributed by atoms with Gasteiger partial charge in [0.25, 0.3) is 0 Å². The number of rotatable bonds is 6. The van der Waals surface area contributed by atoms with Crippen molar-refractivity contribution in [2.45, 2.75) is 31.4 Å². The van der Waals surface area contributed by atoms with Crippen LogP contribution in [0.2, 0.25) is 10.0 Å². The van der Waals surface area contributed by atoms with Crippen LogP contribution in [-0.4, -0.2) is 12.6 Å². The van der Waals surface area contributed by atoms with Crippen LogP contribution in [0, 0.1) is 25.2 Å². The van der Waals surface area contributed by atoms with E-state index in [-0.39, 0.29) is 12.2 Å². The Morgan fingerprint density at radius 1 is 1.22 bits per heavy atom. The molecule has 0 saturated carbocycles. The summed E-state index contributed by atoms with van der Waals surface area (Å²) in [5, 5.41) is 10.6. The number of hydrogen-bond acceptors (Lipinski definition) is 4. The van der Waals surface area contributed by atoms with E-state index in [1.165, 1.54) is 0 Å². The molecule has 0 heterocycles. The molecule has 0 aromatic heterocycles. The number of halogens is 2. The molecule has 2 aromatic rings. The van der Waals surface area contributed by atoms with Crippen LogP contribution in [0.25, 0.3) is 6.08 Å². The number of esters is 1. The minimum absolute atomic E-state index is 0.0136. The summed E-state index contributed by atoms with van der Waals surface area (Å²) >= 11 is 13.9. The summed E-state index contributed by atoms with van der Waals surface area (Å²) in [5.74, 6) is 0.0792. The topological polar surface area (TPSA) is 50.1 Å². The maximum absolute atomic E-state index is 11.9. The highest BCUT2D eigenvalue weighted by Crippen LogP contribution is 2.33. The quantitative estimate of drug-likeness (QED) is 0.236. The van der Waals surface area contributed by atoms with Gasteiger partial charge in [0.2, 0.25) is 0 Å². The molecule has 27 heavy (non-hydrogen) atoms. The number of ether oxygens (including phenoxy) is 1. The summed E-state index contributed by atoms with van der Waals surface area (Å²) in [6.45, 7) is 5.92. The maximum atomic E-state index is 11.9. The van der Waals surface area contributed by atoms with Gasteiger partial charge in [0, 0.05) is 15.7 Å². The maximum Gasteiger partial charge on any atom is 0.348 e. The van der Waals surface area contributed by atoms with Crippen molar-refractivity contribution < 1.29 is 9.53 Å². The van der Waals surface area contributed by atoms with Gasteiger partial charge in [0.15, 0.2) is 0 Å². The SMILES string of the molecule is CCOC(=O)C(C#N)=Cc1cc(CSc2cc(Cl)ccc2Cl)c(C)cc1C. The van der Waals surface area contributed by atoms with Gasteiger partial charge < -0.3 is 4.74 Å². The van der Waals surface area contributed by atoms with Gasteiger partial charge in [-0.25, -0.2) is 4.79 Å². The van der Waals surface area contributed by atoms with E-state index in [4.69, 9.17) is 27.9 Å². The third kappa shape index (κ3) is 5.77. The predicted octanol–water partition coefficient (Wildman–Crippen LogP) is 6.37. The number of carbonyl (C=O) groups excluding carboxylic acids is 1. The summed E-state index contributed by atoms with van der Waals surface area (Å²) in [5.41, 5.74) is 4.01. The van der Waals surface area contributed by atoms with Crippen LogP contribution in [0.4, 0.5) is 0 Å². The van der Waals surface area contributed by atoms with Crippen LogP contribution in [0.15, 0.2) is 40.8 Å². The van der Waals surface area contributed by atoms with Crippen molar-refractivity contribution in [3.8, 4) is 6.07 Å². The van der Waals surface area contributed by atoms with Crippen LogP contribution in [-0.2, 0) is 15.3 Å². The minimum atomic E-state index is -0.610. The fourth-order valence-corrected chi connectivity index (χ4v) is 4.03. The van der Waals surface area contributed by atoms with Gasteiger partial charge in [-0.15, -0.1) is 11.8 Å². The number of benzene rings is 2. The van der Waals surface area contributed by atoms with Crippen molar-refractivity contribution in [2.75, 3.05) is 6.61 Å². The van der Waals surface area contributed by atoms with Gasteiger partial charge in [0.1, 0.15) is 11.6 Å². The number of aryl methyl sites for hydroxylation is 2. The molecule has 0 aliphatic rings. The average Bonchev–Trinajstić information content (AvgIpc) is 2.63. The zero-order valence-electron chi connectivity index (χ0n) is 15.3. The molecule has 0 unspecified atom stereocenters. The average molecular weight is 420 g/mol. The summed E-state index contributed by atoms with van der Waals surface area (Å²) in [6, 6.07) is 11.3. The van der Waals surface area contributed by atoms with Gasteiger partial charge >= 0.3 is 5.97 Å². The molecule has 140 valence electrons. The first-order valence-electron chi connectivity index (χ1n) is 8.32. The first-order chi connectivity index (χ1) is 12.8. The molecule has 0 fully saturated rings. The lowest BCUT2D eigenvalue weighted by molar-refractivity contribution is -0.137. The van der Waals surface area contributed by atoms with Crippen molar-refractivity contribution in [1.82, 2.24) is 0 Å². The predicted molar refractivity (Wildman–Crippen MR) is 112 cm³/mol. The lowest BCUT2D eigenvalue weighted by Gasteiger charge is -2.11. The Morgan fingerprint density at radius 3 is 2.63 bits per heavy atom. The summed E-state index contributed by atoms with van der Waals surface area (Å²) in [6.07, 6.45) is 1.58. The Kier molecular flexibility index (Phi) is 7.79. The second kappa shape index (κ2) is 9.85. The van der Waals surface area contributed by atoms with Crippen LogP contribution in [0.1, 0.15) is 29.2 Å². The van der Waals surface area contributed by atoms with E-state index in [0.717, 1.165) is 27.1 Å². The molecule has 2 rings (SSSR count). The molecular formula is C21H19Cl2NO2S. The fraction of sp³-hybridized carbons (Fsp3) is 0.238. The molecule has 0 atom stereocenters. The van der Waals surface area contributed by atoms with Gasteiger partial charge in [-0.1, -0.05) is 35.3 Å². The van der Waals surface area contributed by atoms with Gasteiger partial charge in [0.05, 0.1) is 11.6 Å². The van der Waals surface area contributed by atoms with Crippen LogP contribution in [0.3, 0.4) is 0 Å². The molecule has 0 amide bonds. The lowest BCUT2D eigenvalue weighted by Crippen LogP contribution is -2.06. The molecule has 0 N–H and O–H groups in total. The second-order valence-electron chi connectivity index (χ2n) is 5.89. The highest BCUT2D eigenvalue weighted by atomic mass is 35.5. The minimum Gasteiger partial charge on any atom is -0.462 e. The first-order valence-corrected chi connectivity index (χ1v) is 10.1. The number of hydrogen-bond donors (Lipinski definition) is 0. The third-order valence-corrected chi connectivity index (χ3v) is 5.70. The van der Waals surface area contributed by atoms with Crippen molar-refractivity contribution >= 4 is 47.0 Å². The number of carbonyl (C=O) groups is 1. The van der Waals surface area contributed by atoms with Crippen molar-refractivity contribution in [2.24, 2.45) is 0 Å². The highest BCUT2D eigenvalue weighted by molar-refractivity contribution is 7.98. The summed E-state index contributed by atoms with van der Waals surface area (Å²) in [7, 11) is 0. The van der Waals surface area contributed by atoms with Crippen molar-refractivity contribution in [1.29, 1.82) is 5.26 Å². The molecular weight excluding hydrogens is 401 g/mol. The van der Waals surface area contributed by atoms with E-state index in [9.17, 15) is 10.1 Å². The largest absolute Gasteiger partial charge is 0.462 e. The second-order valence-corrected chi connectivity index (χ2v) is 7.75. The normalized spacial score (nSPS) is 11.2. The van der Waals surface area contributed by atoms with E-state index < -0.39 is 5.97 Å². The zero-order valence-corrected chi connectivity index (χ0v) is 17.6. The molecule has 0 aliphatic carbocycles. The summed E-state index contributed by atoms with van der Waals surface area (Å²) in [4.78, 5) is 12.8. The summed E-state index contributed by atoms with van der Waals surface area (Å²) < 4.78 is 4.93. The van der Waals surface area contributed by atoms with Gasteiger partial charge in [-0.2, -0.15) is 5.26 Å². The number of nitriles is 1. The van der Waals surface area contributed by atoms with E-state index in [1.54, 1.807) is 36.9 Å². The molecule has 6 heteroatoms. The highest BCUT2D eigenvalue weighted by Gasteiger charge is 2.12. The van der Waals surface area contributed by atoms with Crippen LogP contribution < -0.4 is 0 Å². The Morgan fingerprint density at radius 2 is 1.96 bits per heavy atom. The Labute approximate surface area is 173 Å². The Hall–Kier alpha value is -1.93. The zero-order chi connectivity index (χ0) is 20.0. The van der Waals surface area contributed by atoms with E-state index >= 15 is 0 Å². The van der Waals surface area contributed by atoms with Gasteiger partial charge in [-0.3, -0.25) is 0 Å². The number of nitrogens with zero attached hydrogens (tertiary/aromatic N) is 1. The number of thioether (sulfide) groups is 1. The smallest absolute Gasteiger partial charge is 0.348 e. The van der Waals surface area contributed by atoms with Crippen LogP contribution in [0.5, 0.6) is 0 Å².